The van der Waals surface area contributed by atoms with Gasteiger partial charge in [0.2, 0.25) is 0 Å². The molecule has 3 N–H and O–H groups in total. The van der Waals surface area contributed by atoms with Gasteiger partial charge in [0.15, 0.2) is 0 Å². The number of hydrazine groups is 1. The number of benzene rings is 1. The molecule has 0 radical (unpaired) electrons. The van der Waals surface area contributed by atoms with Gasteiger partial charge in [0.05, 0.1) is 23.5 Å². The van der Waals surface area contributed by atoms with E-state index in [1.165, 1.54) is 0 Å². The molecule has 6 heteroatoms. The van der Waals surface area contributed by atoms with E-state index in [1.807, 2.05) is 18.2 Å². The molecule has 0 aliphatic heterocycles. The van der Waals surface area contributed by atoms with Crippen molar-refractivity contribution in [2.24, 2.45) is 5.84 Å². The average molecular weight is 291 g/mol. The molecule has 0 aliphatic rings. The number of pyridine rings is 1. The van der Waals surface area contributed by atoms with E-state index in [-0.39, 0.29) is 5.91 Å². The topological polar surface area (TPSA) is 71.2 Å². The van der Waals surface area contributed by atoms with Crippen LogP contribution in [-0.2, 0) is 6.54 Å². The van der Waals surface area contributed by atoms with Gasteiger partial charge in [-0.2, -0.15) is 0 Å². The van der Waals surface area contributed by atoms with Crippen LogP contribution in [0.3, 0.4) is 0 Å². The third-order valence-electron chi connectivity index (χ3n) is 2.84. The molecule has 0 atom stereocenters. The summed E-state index contributed by atoms with van der Waals surface area (Å²) in [5.41, 5.74) is 4.28. The second-order valence-electron chi connectivity index (χ2n) is 4.32. The lowest BCUT2D eigenvalue weighted by Crippen LogP contribution is -2.28. The van der Waals surface area contributed by atoms with E-state index in [4.69, 9.17) is 17.4 Å². The number of nitrogen functional groups attached to an aromatic ring is 1. The first-order chi connectivity index (χ1) is 9.61. The molecule has 0 spiro atoms. The minimum Gasteiger partial charge on any atom is -0.336 e. The van der Waals surface area contributed by atoms with Gasteiger partial charge in [0.1, 0.15) is 0 Å². The van der Waals surface area contributed by atoms with Crippen LogP contribution in [0.5, 0.6) is 0 Å². The summed E-state index contributed by atoms with van der Waals surface area (Å²) in [6.07, 6.45) is 1.69. The minimum atomic E-state index is -0.175. The number of aromatic nitrogens is 1. The van der Waals surface area contributed by atoms with Crippen molar-refractivity contribution in [3.05, 3.63) is 58.9 Å². The summed E-state index contributed by atoms with van der Waals surface area (Å²) in [7, 11) is 1.71. The molecule has 1 aromatic heterocycles. The fourth-order valence-corrected chi connectivity index (χ4v) is 2.00. The molecule has 1 amide bonds. The molecule has 0 saturated heterocycles. The van der Waals surface area contributed by atoms with Crippen LogP contribution in [0.4, 0.5) is 5.69 Å². The Morgan fingerprint density at radius 1 is 1.40 bits per heavy atom. The van der Waals surface area contributed by atoms with Crippen LogP contribution >= 0.6 is 11.6 Å². The first kappa shape index (κ1) is 14.3. The number of nitrogens with one attached hydrogen (secondary N) is 1. The minimum absolute atomic E-state index is 0.175. The molecule has 1 aromatic carbocycles. The summed E-state index contributed by atoms with van der Waals surface area (Å²) in [5, 5.41) is 0.485. The van der Waals surface area contributed by atoms with Crippen molar-refractivity contribution >= 4 is 23.2 Å². The number of carbonyl (C=O) groups excluding carboxylic acids is 1. The van der Waals surface area contributed by atoms with Crippen LogP contribution in [0.1, 0.15) is 16.1 Å². The Kier molecular flexibility index (Phi) is 4.55. The van der Waals surface area contributed by atoms with Crippen molar-refractivity contribution in [1.82, 2.24) is 9.88 Å². The van der Waals surface area contributed by atoms with Gasteiger partial charge in [-0.1, -0.05) is 17.7 Å². The van der Waals surface area contributed by atoms with E-state index in [0.717, 1.165) is 5.69 Å². The van der Waals surface area contributed by atoms with E-state index in [1.54, 1.807) is 36.3 Å². The van der Waals surface area contributed by atoms with Gasteiger partial charge in [0, 0.05) is 18.3 Å². The number of carbonyl (C=O) groups is 1. The molecule has 0 bridgehead atoms. The van der Waals surface area contributed by atoms with E-state index >= 15 is 0 Å². The fourth-order valence-electron chi connectivity index (χ4n) is 1.83. The molecule has 2 rings (SSSR count). The lowest BCUT2D eigenvalue weighted by molar-refractivity contribution is 0.0784. The van der Waals surface area contributed by atoms with Crippen LogP contribution in [-0.4, -0.2) is 22.8 Å². The van der Waals surface area contributed by atoms with Crippen molar-refractivity contribution in [1.29, 1.82) is 0 Å². The Balaban J connectivity index is 2.20. The van der Waals surface area contributed by atoms with Gasteiger partial charge in [-0.15, -0.1) is 0 Å². The van der Waals surface area contributed by atoms with Crippen LogP contribution < -0.4 is 11.3 Å². The normalized spacial score (nSPS) is 10.2. The summed E-state index contributed by atoms with van der Waals surface area (Å²) >= 11 is 5.93. The third-order valence-corrected chi connectivity index (χ3v) is 3.07. The molecule has 1 heterocycles. The fraction of sp³-hybridized carbons (Fsp3) is 0.143. The van der Waals surface area contributed by atoms with Crippen LogP contribution in [0.2, 0.25) is 5.02 Å². The number of halogens is 1. The number of nitrogens with zero attached hydrogens (tertiary/aromatic N) is 2. The van der Waals surface area contributed by atoms with Crippen LogP contribution in [0, 0.1) is 0 Å². The van der Waals surface area contributed by atoms with Crippen LogP contribution in [0.25, 0.3) is 0 Å². The van der Waals surface area contributed by atoms with Gasteiger partial charge in [-0.3, -0.25) is 15.6 Å². The molecule has 0 aliphatic carbocycles. The molecule has 0 unspecified atom stereocenters. The van der Waals surface area contributed by atoms with Crippen molar-refractivity contribution in [2.75, 3.05) is 12.5 Å². The summed E-state index contributed by atoms with van der Waals surface area (Å²) in [6, 6.07) is 10.5. The lowest BCUT2D eigenvalue weighted by Gasteiger charge is -2.18. The Hall–Kier alpha value is -2.11. The molecule has 5 nitrogen and oxygen atoms in total. The zero-order chi connectivity index (χ0) is 14.5. The summed E-state index contributed by atoms with van der Waals surface area (Å²) in [6.45, 7) is 0.413. The maximum atomic E-state index is 12.4. The second-order valence-corrected chi connectivity index (χ2v) is 4.75. The van der Waals surface area contributed by atoms with E-state index in [9.17, 15) is 4.79 Å². The first-order valence-corrected chi connectivity index (χ1v) is 6.41. The highest BCUT2D eigenvalue weighted by Crippen LogP contribution is 2.21. The zero-order valence-electron chi connectivity index (χ0n) is 11.0. The molecule has 104 valence electrons. The van der Waals surface area contributed by atoms with Gasteiger partial charge in [0.25, 0.3) is 5.91 Å². The number of nitrogens with two attached hydrogens (primary N) is 1. The van der Waals surface area contributed by atoms with E-state index in [0.29, 0.717) is 22.8 Å². The highest BCUT2D eigenvalue weighted by molar-refractivity contribution is 6.31. The Bertz CT molecular complexity index is 603. The maximum Gasteiger partial charge on any atom is 0.256 e. The molecular weight excluding hydrogens is 276 g/mol. The number of anilines is 1. The first-order valence-electron chi connectivity index (χ1n) is 6.03. The summed E-state index contributed by atoms with van der Waals surface area (Å²) in [4.78, 5) is 18.2. The Morgan fingerprint density at radius 2 is 2.20 bits per heavy atom. The van der Waals surface area contributed by atoms with Crippen molar-refractivity contribution < 1.29 is 4.79 Å². The van der Waals surface area contributed by atoms with E-state index in [2.05, 4.69) is 10.4 Å². The Morgan fingerprint density at radius 3 is 2.85 bits per heavy atom. The number of hydrogen-bond donors (Lipinski definition) is 2. The predicted molar refractivity (Wildman–Crippen MR) is 79.3 cm³/mol. The maximum absolute atomic E-state index is 12.4. The number of hydrogen-bond acceptors (Lipinski definition) is 4. The SMILES string of the molecule is CN(Cc1ccccn1)C(=O)c1cc(Cl)ccc1NN. The monoisotopic (exact) mass is 290 g/mol. The van der Waals surface area contributed by atoms with Crippen molar-refractivity contribution in [3.63, 3.8) is 0 Å². The highest BCUT2D eigenvalue weighted by Gasteiger charge is 2.16. The highest BCUT2D eigenvalue weighted by atomic mass is 35.5. The predicted octanol–water partition coefficient (Wildman–Crippen LogP) is 2.29. The number of amides is 1. The third kappa shape index (κ3) is 3.26. The molecule has 0 fully saturated rings. The largest absolute Gasteiger partial charge is 0.336 e. The standard InChI is InChI=1S/C14H15ClN4O/c1-19(9-11-4-2-3-7-17-11)14(20)12-8-10(15)5-6-13(12)18-16/h2-8,18H,9,16H2,1H3. The molecule has 20 heavy (non-hydrogen) atoms. The van der Waals surface area contributed by atoms with Gasteiger partial charge < -0.3 is 10.3 Å². The Labute approximate surface area is 122 Å². The zero-order valence-corrected chi connectivity index (χ0v) is 11.8. The number of rotatable bonds is 4. The quantitative estimate of drug-likeness (QED) is 0.669. The van der Waals surface area contributed by atoms with Gasteiger partial charge in [-0.25, -0.2) is 0 Å². The average Bonchev–Trinajstić information content (AvgIpc) is 2.47. The molecule has 0 saturated carbocycles. The van der Waals surface area contributed by atoms with Gasteiger partial charge in [-0.05, 0) is 30.3 Å². The molecule has 2 aromatic rings. The van der Waals surface area contributed by atoms with Gasteiger partial charge >= 0.3 is 0 Å². The van der Waals surface area contributed by atoms with E-state index < -0.39 is 0 Å². The van der Waals surface area contributed by atoms with Crippen LogP contribution in [0.15, 0.2) is 42.6 Å². The second kappa shape index (κ2) is 6.36. The van der Waals surface area contributed by atoms with Crippen molar-refractivity contribution in [2.45, 2.75) is 6.54 Å². The lowest BCUT2D eigenvalue weighted by atomic mass is 10.1. The smallest absolute Gasteiger partial charge is 0.256 e. The molecular formula is C14H15ClN4O. The van der Waals surface area contributed by atoms with Crippen molar-refractivity contribution in [3.8, 4) is 0 Å². The summed E-state index contributed by atoms with van der Waals surface area (Å²) in [5.74, 6) is 5.24. The summed E-state index contributed by atoms with van der Waals surface area (Å²) < 4.78 is 0.